The van der Waals surface area contributed by atoms with Crippen LogP contribution in [0.15, 0.2) is 0 Å². The normalized spacial score (nSPS) is 23.1. The topological polar surface area (TPSA) is 41.5 Å². The van der Waals surface area contributed by atoms with Crippen LogP contribution >= 0.6 is 0 Å². The van der Waals surface area contributed by atoms with Crippen molar-refractivity contribution in [3.8, 4) is 0 Å². The van der Waals surface area contributed by atoms with Gasteiger partial charge in [-0.15, -0.1) is 0 Å². The predicted octanol–water partition coefficient (Wildman–Crippen LogP) is 0.916. The number of hydrogen-bond acceptors (Lipinski definition) is 3. The van der Waals surface area contributed by atoms with E-state index in [2.05, 4.69) is 12.2 Å². The second-order valence-electron chi connectivity index (χ2n) is 4.84. The Morgan fingerprint density at radius 2 is 1.92 bits per heavy atom. The zero-order valence-corrected chi connectivity index (χ0v) is 8.89. The van der Waals surface area contributed by atoms with Crippen LogP contribution in [0.5, 0.6) is 0 Å². The van der Waals surface area contributed by atoms with Crippen LogP contribution in [0.1, 0.15) is 33.6 Å². The van der Waals surface area contributed by atoms with Crippen LogP contribution < -0.4 is 5.32 Å². The molecule has 0 aromatic heterocycles. The van der Waals surface area contributed by atoms with E-state index in [4.69, 9.17) is 4.74 Å². The van der Waals surface area contributed by atoms with Crippen molar-refractivity contribution < 1.29 is 9.84 Å². The highest BCUT2D eigenvalue weighted by Crippen LogP contribution is 2.20. The Bertz CT molecular complexity index is 157. The number of ether oxygens (including phenoxy) is 1. The van der Waals surface area contributed by atoms with Gasteiger partial charge >= 0.3 is 0 Å². The molecule has 0 amide bonds. The van der Waals surface area contributed by atoms with E-state index in [0.29, 0.717) is 6.54 Å². The summed E-state index contributed by atoms with van der Waals surface area (Å²) in [5.41, 5.74) is -0.473. The summed E-state index contributed by atoms with van der Waals surface area (Å²) < 4.78 is 5.29. The molecule has 1 rings (SSSR count). The molecule has 0 atom stereocenters. The molecule has 0 saturated carbocycles. The summed E-state index contributed by atoms with van der Waals surface area (Å²) in [5, 5.41) is 13.0. The number of hydrogen-bond donors (Lipinski definition) is 2. The lowest BCUT2D eigenvalue weighted by molar-refractivity contribution is 0.0244. The van der Waals surface area contributed by atoms with Gasteiger partial charge in [0.1, 0.15) is 0 Å². The molecule has 0 aliphatic carbocycles. The van der Waals surface area contributed by atoms with Gasteiger partial charge in [-0.25, -0.2) is 0 Å². The highest BCUT2D eigenvalue weighted by Gasteiger charge is 2.28. The second-order valence-corrected chi connectivity index (χ2v) is 4.84. The molecule has 0 unspecified atom stereocenters. The summed E-state index contributed by atoms with van der Waals surface area (Å²) >= 11 is 0. The van der Waals surface area contributed by atoms with Gasteiger partial charge in [0.15, 0.2) is 0 Å². The Morgan fingerprint density at radius 3 is 2.38 bits per heavy atom. The van der Waals surface area contributed by atoms with Crippen molar-refractivity contribution in [3.63, 3.8) is 0 Å². The Hall–Kier alpha value is -0.120. The molecular weight excluding hydrogens is 166 g/mol. The van der Waals surface area contributed by atoms with Crippen LogP contribution in [0.3, 0.4) is 0 Å². The van der Waals surface area contributed by atoms with Crippen LogP contribution in [0.25, 0.3) is 0 Å². The lowest BCUT2D eigenvalue weighted by Crippen LogP contribution is -2.51. The van der Waals surface area contributed by atoms with Crippen LogP contribution in [0.2, 0.25) is 0 Å². The van der Waals surface area contributed by atoms with Gasteiger partial charge in [0.25, 0.3) is 0 Å². The molecule has 3 nitrogen and oxygen atoms in total. The standard InChI is InChI=1S/C10H21NO2/c1-9(2,12)8-11-10(3)4-6-13-7-5-10/h11-12H,4-8H2,1-3H3. The summed E-state index contributed by atoms with van der Waals surface area (Å²) in [6, 6.07) is 0. The molecule has 1 aliphatic rings. The van der Waals surface area contributed by atoms with Crippen molar-refractivity contribution in [1.29, 1.82) is 0 Å². The van der Waals surface area contributed by atoms with Gasteiger partial charge in [-0.2, -0.15) is 0 Å². The van der Waals surface area contributed by atoms with Crippen molar-refractivity contribution in [3.05, 3.63) is 0 Å². The van der Waals surface area contributed by atoms with Gasteiger partial charge in [-0.3, -0.25) is 0 Å². The predicted molar refractivity (Wildman–Crippen MR) is 52.8 cm³/mol. The van der Waals surface area contributed by atoms with Gasteiger partial charge in [0.05, 0.1) is 5.60 Å². The van der Waals surface area contributed by atoms with Gasteiger partial charge in [0, 0.05) is 25.3 Å². The average molecular weight is 187 g/mol. The largest absolute Gasteiger partial charge is 0.389 e. The van der Waals surface area contributed by atoms with Crippen LogP contribution in [0, 0.1) is 0 Å². The Balaban J connectivity index is 2.33. The van der Waals surface area contributed by atoms with Crippen molar-refractivity contribution >= 4 is 0 Å². The molecule has 0 aromatic rings. The number of rotatable bonds is 3. The van der Waals surface area contributed by atoms with E-state index in [0.717, 1.165) is 26.1 Å². The summed E-state index contributed by atoms with van der Waals surface area (Å²) in [6.07, 6.45) is 2.06. The van der Waals surface area contributed by atoms with E-state index < -0.39 is 5.60 Å². The lowest BCUT2D eigenvalue weighted by atomic mass is 9.91. The first-order valence-electron chi connectivity index (χ1n) is 4.97. The maximum atomic E-state index is 9.57. The second kappa shape index (κ2) is 3.95. The summed E-state index contributed by atoms with van der Waals surface area (Å²) in [7, 11) is 0. The summed E-state index contributed by atoms with van der Waals surface area (Å²) in [6.45, 7) is 8.14. The minimum absolute atomic E-state index is 0.151. The van der Waals surface area contributed by atoms with E-state index in [1.807, 2.05) is 13.8 Å². The third-order valence-electron chi connectivity index (χ3n) is 2.54. The third-order valence-corrected chi connectivity index (χ3v) is 2.54. The molecule has 0 spiro atoms. The fourth-order valence-corrected chi connectivity index (χ4v) is 1.43. The number of nitrogens with one attached hydrogen (secondary N) is 1. The van der Waals surface area contributed by atoms with E-state index in [1.165, 1.54) is 0 Å². The first kappa shape index (κ1) is 11.0. The Morgan fingerprint density at radius 1 is 1.38 bits per heavy atom. The molecule has 1 aliphatic heterocycles. The zero-order chi connectivity index (χ0) is 9.95. The minimum atomic E-state index is -0.624. The zero-order valence-electron chi connectivity index (χ0n) is 8.89. The average Bonchev–Trinajstić information content (AvgIpc) is 2.02. The van der Waals surface area contributed by atoms with Crippen molar-refractivity contribution in [1.82, 2.24) is 5.32 Å². The number of aliphatic hydroxyl groups is 1. The maximum Gasteiger partial charge on any atom is 0.0715 e. The van der Waals surface area contributed by atoms with E-state index in [-0.39, 0.29) is 5.54 Å². The van der Waals surface area contributed by atoms with Gasteiger partial charge in [0.2, 0.25) is 0 Å². The Kier molecular flexibility index (Phi) is 3.33. The molecular formula is C10H21NO2. The summed E-state index contributed by atoms with van der Waals surface area (Å²) in [5.74, 6) is 0. The summed E-state index contributed by atoms with van der Waals surface area (Å²) in [4.78, 5) is 0. The fraction of sp³-hybridized carbons (Fsp3) is 1.00. The molecule has 1 heterocycles. The van der Waals surface area contributed by atoms with E-state index in [9.17, 15) is 5.11 Å². The van der Waals surface area contributed by atoms with Gasteiger partial charge in [-0.05, 0) is 33.6 Å². The first-order chi connectivity index (χ1) is 5.91. The minimum Gasteiger partial charge on any atom is -0.389 e. The Labute approximate surface area is 80.5 Å². The highest BCUT2D eigenvalue weighted by molar-refractivity contribution is 4.87. The molecule has 3 heteroatoms. The third kappa shape index (κ3) is 4.07. The van der Waals surface area contributed by atoms with Crippen molar-refractivity contribution in [2.45, 2.75) is 44.8 Å². The maximum absolute atomic E-state index is 9.57. The van der Waals surface area contributed by atoms with E-state index >= 15 is 0 Å². The molecule has 1 saturated heterocycles. The van der Waals surface area contributed by atoms with Gasteiger partial charge in [-0.1, -0.05) is 0 Å². The molecule has 0 bridgehead atoms. The fourth-order valence-electron chi connectivity index (χ4n) is 1.43. The van der Waals surface area contributed by atoms with Crippen LogP contribution in [-0.2, 0) is 4.74 Å². The monoisotopic (exact) mass is 187 g/mol. The first-order valence-corrected chi connectivity index (χ1v) is 4.97. The van der Waals surface area contributed by atoms with Gasteiger partial charge < -0.3 is 15.2 Å². The molecule has 2 N–H and O–H groups in total. The smallest absolute Gasteiger partial charge is 0.0715 e. The van der Waals surface area contributed by atoms with Crippen LogP contribution in [-0.4, -0.2) is 36.0 Å². The van der Waals surface area contributed by atoms with Crippen molar-refractivity contribution in [2.75, 3.05) is 19.8 Å². The molecule has 0 radical (unpaired) electrons. The molecule has 13 heavy (non-hydrogen) atoms. The lowest BCUT2D eigenvalue weighted by Gasteiger charge is -2.36. The van der Waals surface area contributed by atoms with Crippen LogP contribution in [0.4, 0.5) is 0 Å². The molecule has 0 aromatic carbocycles. The molecule has 78 valence electrons. The van der Waals surface area contributed by atoms with Crippen molar-refractivity contribution in [2.24, 2.45) is 0 Å². The SMILES string of the molecule is CC(C)(O)CNC1(C)CCOCC1. The number of β-amino-alcohol motifs (C(OH)–C–C–N with tert-alkyl or cyclic N) is 1. The highest BCUT2D eigenvalue weighted by atomic mass is 16.5. The molecule has 1 fully saturated rings. The van der Waals surface area contributed by atoms with E-state index in [1.54, 1.807) is 0 Å². The quantitative estimate of drug-likeness (QED) is 0.690.